The highest BCUT2D eigenvalue weighted by atomic mass is 32.2. The molecule has 30 heavy (non-hydrogen) atoms. The number of amides is 2. The largest absolute Gasteiger partial charge is 0.487 e. The van der Waals surface area contributed by atoms with Crippen LogP contribution in [0.2, 0.25) is 0 Å². The SMILES string of the molecule is CCCN1C(=O)C23C(c4ccccc4N2C(C)=O)C2Oc4ccccc4C23S1(=O)=O. The van der Waals surface area contributed by atoms with E-state index in [1.54, 1.807) is 36.4 Å². The van der Waals surface area contributed by atoms with Crippen molar-refractivity contribution in [2.45, 2.75) is 42.6 Å². The van der Waals surface area contributed by atoms with E-state index in [1.807, 2.05) is 19.1 Å². The van der Waals surface area contributed by atoms with Gasteiger partial charge in [0.2, 0.25) is 5.91 Å². The van der Waals surface area contributed by atoms with Crippen LogP contribution in [0.5, 0.6) is 5.75 Å². The van der Waals surface area contributed by atoms with Crippen molar-refractivity contribution in [2.75, 3.05) is 11.4 Å². The third-order valence-electron chi connectivity index (χ3n) is 7.12. The van der Waals surface area contributed by atoms with Gasteiger partial charge in [-0.15, -0.1) is 0 Å². The Hall–Kier alpha value is -2.87. The Bertz CT molecular complexity index is 1260. The summed E-state index contributed by atoms with van der Waals surface area (Å²) >= 11 is 0. The van der Waals surface area contributed by atoms with Crippen LogP contribution in [0.4, 0.5) is 5.69 Å². The van der Waals surface area contributed by atoms with Crippen molar-refractivity contribution >= 4 is 27.5 Å². The first-order valence-corrected chi connectivity index (χ1v) is 11.5. The number of hydrogen-bond donors (Lipinski definition) is 0. The average molecular weight is 424 g/mol. The molecule has 1 aliphatic carbocycles. The van der Waals surface area contributed by atoms with Crippen LogP contribution in [0.15, 0.2) is 48.5 Å². The Morgan fingerprint density at radius 2 is 1.83 bits per heavy atom. The molecule has 1 saturated heterocycles. The predicted molar refractivity (Wildman–Crippen MR) is 109 cm³/mol. The lowest BCUT2D eigenvalue weighted by Crippen LogP contribution is -2.80. The standard InChI is InChI=1S/C22H20N2O5S/c1-3-12-23-20(26)21-18(14-8-4-6-10-16(14)24(21)13(2)25)19-22(21,30(23,27)28)15-9-5-7-11-17(15)29-19/h4-11,18-19H,3,12H2,1-2H3. The summed E-state index contributed by atoms with van der Waals surface area (Å²) in [6, 6.07) is 14.3. The molecule has 2 fully saturated rings. The van der Waals surface area contributed by atoms with Crippen LogP contribution < -0.4 is 9.64 Å². The Morgan fingerprint density at radius 3 is 2.57 bits per heavy atom. The zero-order chi connectivity index (χ0) is 21.1. The van der Waals surface area contributed by atoms with Crippen molar-refractivity contribution in [3.05, 3.63) is 59.7 Å². The highest BCUT2D eigenvalue weighted by molar-refractivity contribution is 7.91. The number of fused-ring (bicyclic) bond motifs is 4. The predicted octanol–water partition coefficient (Wildman–Crippen LogP) is 2.13. The van der Waals surface area contributed by atoms with E-state index < -0.39 is 38.2 Å². The van der Waals surface area contributed by atoms with Gasteiger partial charge in [0.1, 0.15) is 11.9 Å². The lowest BCUT2D eigenvalue weighted by atomic mass is 9.53. The summed E-state index contributed by atoms with van der Waals surface area (Å²) in [6.07, 6.45) is -0.279. The highest BCUT2D eigenvalue weighted by Crippen LogP contribution is 2.77. The zero-order valence-corrected chi connectivity index (χ0v) is 17.3. The molecule has 7 nitrogen and oxygen atoms in total. The first-order chi connectivity index (χ1) is 14.4. The maximum Gasteiger partial charge on any atom is 0.265 e. The number of carbonyl (C=O) groups is 2. The summed E-state index contributed by atoms with van der Waals surface area (Å²) in [5.74, 6) is -0.965. The molecule has 0 N–H and O–H groups in total. The molecule has 4 aliphatic rings. The van der Waals surface area contributed by atoms with E-state index in [0.29, 0.717) is 23.4 Å². The second-order valence-corrected chi connectivity index (χ2v) is 10.3. The van der Waals surface area contributed by atoms with Gasteiger partial charge in [0.05, 0.1) is 5.92 Å². The number of rotatable bonds is 2. The van der Waals surface area contributed by atoms with Crippen LogP contribution >= 0.6 is 0 Å². The molecule has 1 saturated carbocycles. The van der Waals surface area contributed by atoms with Gasteiger partial charge >= 0.3 is 0 Å². The molecule has 2 aromatic carbocycles. The number of sulfonamides is 1. The van der Waals surface area contributed by atoms with Gasteiger partial charge in [-0.1, -0.05) is 43.3 Å². The third-order valence-corrected chi connectivity index (χ3v) is 9.62. The summed E-state index contributed by atoms with van der Waals surface area (Å²) in [5, 5.41) is 0. The minimum atomic E-state index is -4.13. The monoisotopic (exact) mass is 424 g/mol. The minimum absolute atomic E-state index is 0.0777. The molecule has 2 amide bonds. The van der Waals surface area contributed by atoms with E-state index in [0.717, 1.165) is 9.87 Å². The number of carbonyl (C=O) groups excluding carboxylic acids is 2. The Labute approximate surface area is 174 Å². The van der Waals surface area contributed by atoms with E-state index >= 15 is 0 Å². The van der Waals surface area contributed by atoms with Gasteiger partial charge in [0.25, 0.3) is 15.9 Å². The normalized spacial score (nSPS) is 33.7. The molecule has 3 heterocycles. The topological polar surface area (TPSA) is 84.0 Å². The fourth-order valence-corrected chi connectivity index (χ4v) is 9.10. The summed E-state index contributed by atoms with van der Waals surface area (Å²) in [4.78, 5) is 28.4. The molecular weight excluding hydrogens is 404 g/mol. The van der Waals surface area contributed by atoms with Crippen molar-refractivity contribution in [3.8, 4) is 5.75 Å². The maximum absolute atomic E-state index is 14.1. The maximum atomic E-state index is 14.1. The van der Waals surface area contributed by atoms with Crippen molar-refractivity contribution in [1.29, 1.82) is 0 Å². The number of para-hydroxylation sites is 2. The summed E-state index contributed by atoms with van der Waals surface area (Å²) in [6.45, 7) is 3.30. The smallest absolute Gasteiger partial charge is 0.265 e. The second kappa shape index (κ2) is 5.24. The van der Waals surface area contributed by atoms with E-state index in [1.165, 1.54) is 11.8 Å². The van der Waals surface area contributed by atoms with Crippen LogP contribution in [-0.4, -0.2) is 42.7 Å². The molecule has 0 radical (unpaired) electrons. The Morgan fingerprint density at radius 1 is 1.13 bits per heavy atom. The molecule has 0 aromatic heterocycles. The lowest BCUT2D eigenvalue weighted by molar-refractivity contribution is -0.142. The molecule has 4 atom stereocenters. The van der Waals surface area contributed by atoms with Gasteiger partial charge in [-0.25, -0.2) is 12.7 Å². The first kappa shape index (κ1) is 17.9. The van der Waals surface area contributed by atoms with Gasteiger partial charge < -0.3 is 4.74 Å². The Kier molecular flexibility index (Phi) is 3.13. The van der Waals surface area contributed by atoms with E-state index in [4.69, 9.17) is 4.74 Å². The minimum Gasteiger partial charge on any atom is -0.487 e. The van der Waals surface area contributed by atoms with Crippen molar-refractivity contribution in [1.82, 2.24) is 4.31 Å². The van der Waals surface area contributed by atoms with Gasteiger partial charge in [0.15, 0.2) is 10.3 Å². The highest BCUT2D eigenvalue weighted by Gasteiger charge is 2.95. The van der Waals surface area contributed by atoms with Gasteiger partial charge in [-0.05, 0) is 24.1 Å². The van der Waals surface area contributed by atoms with Gasteiger partial charge in [-0.2, -0.15) is 0 Å². The van der Waals surface area contributed by atoms with Crippen LogP contribution in [0.3, 0.4) is 0 Å². The number of hydrogen-bond acceptors (Lipinski definition) is 5. The second-order valence-electron chi connectivity index (χ2n) is 8.31. The van der Waals surface area contributed by atoms with Crippen LogP contribution in [0, 0.1) is 0 Å². The zero-order valence-electron chi connectivity index (χ0n) is 16.5. The molecule has 2 spiro atoms. The van der Waals surface area contributed by atoms with Crippen molar-refractivity contribution in [2.24, 2.45) is 0 Å². The number of anilines is 1. The third kappa shape index (κ3) is 1.46. The van der Waals surface area contributed by atoms with Crippen molar-refractivity contribution in [3.63, 3.8) is 0 Å². The quantitative estimate of drug-likeness (QED) is 0.738. The summed E-state index contributed by atoms with van der Waals surface area (Å²) < 4.78 is 33.7. The summed E-state index contributed by atoms with van der Waals surface area (Å²) in [5.41, 5.74) is 0.278. The van der Waals surface area contributed by atoms with Gasteiger partial charge in [-0.3, -0.25) is 14.5 Å². The lowest BCUT2D eigenvalue weighted by Gasteiger charge is -2.57. The molecule has 2 aromatic rings. The molecule has 154 valence electrons. The number of ether oxygens (including phenoxy) is 1. The van der Waals surface area contributed by atoms with Crippen LogP contribution in [0.25, 0.3) is 0 Å². The molecule has 3 aliphatic heterocycles. The van der Waals surface area contributed by atoms with Crippen LogP contribution in [-0.2, 0) is 24.4 Å². The van der Waals surface area contributed by atoms with Gasteiger partial charge in [0, 0.05) is 24.7 Å². The average Bonchev–Trinajstić information content (AvgIpc) is 3.20. The number of benzene rings is 2. The molecular formula is C22H20N2O5S. The molecule has 0 bridgehead atoms. The van der Waals surface area contributed by atoms with E-state index in [-0.39, 0.29) is 12.5 Å². The van der Waals surface area contributed by atoms with E-state index in [2.05, 4.69) is 0 Å². The van der Waals surface area contributed by atoms with Crippen LogP contribution in [0.1, 0.15) is 37.3 Å². The molecule has 6 rings (SSSR count). The van der Waals surface area contributed by atoms with Crippen molar-refractivity contribution < 1.29 is 22.7 Å². The first-order valence-electron chi connectivity index (χ1n) is 10.1. The fourth-order valence-electron chi connectivity index (χ4n) is 6.35. The fraction of sp³-hybridized carbons (Fsp3) is 0.364. The Balaban J connectivity index is 1.76. The molecule has 4 unspecified atom stereocenters. The van der Waals surface area contributed by atoms with E-state index in [9.17, 15) is 18.0 Å². The summed E-state index contributed by atoms with van der Waals surface area (Å²) in [7, 11) is -4.13. The molecule has 8 heteroatoms. The number of nitrogens with zero attached hydrogens (tertiary/aromatic N) is 2.